The van der Waals surface area contributed by atoms with Crippen LogP contribution < -0.4 is 25.8 Å². The Morgan fingerprint density at radius 3 is 2.68 bits per heavy atom. The number of hydrogen-bond acceptors (Lipinski definition) is 14. The molecule has 2 amide bonds. The number of hydroxylamine groups is 2. The third kappa shape index (κ3) is 7.29. The molecule has 21 heteroatoms. The molecule has 1 aromatic carbocycles. The van der Waals surface area contributed by atoms with E-state index < -0.39 is 64.3 Å². The van der Waals surface area contributed by atoms with Gasteiger partial charge in [-0.25, -0.2) is 9.78 Å². The summed E-state index contributed by atoms with van der Waals surface area (Å²) in [6.45, 7) is 4.04. The molecule has 19 nitrogen and oxygen atoms in total. The molecule has 0 bridgehead atoms. The van der Waals surface area contributed by atoms with E-state index in [-0.39, 0.29) is 16.7 Å². The van der Waals surface area contributed by atoms with Gasteiger partial charge in [0.25, 0.3) is 17.9 Å². The summed E-state index contributed by atoms with van der Waals surface area (Å²) < 4.78 is 45.1. The molecule has 0 saturated carbocycles. The molecular weight excluding hydrogens is 664 g/mol. The highest BCUT2D eigenvalue weighted by Gasteiger charge is 2.58. The summed E-state index contributed by atoms with van der Waals surface area (Å²) in [5.41, 5.74) is 4.54. The second-order valence-corrected chi connectivity index (χ2v) is 13.3. The van der Waals surface area contributed by atoms with E-state index in [4.69, 9.17) is 19.9 Å². The number of nitrogen functional groups attached to an aromatic ring is 1. The van der Waals surface area contributed by atoms with Crippen LogP contribution in [0.4, 0.5) is 5.13 Å². The number of aryl methyl sites for hydroxylation is 1. The number of benzene rings is 1. The van der Waals surface area contributed by atoms with Crippen molar-refractivity contribution < 1.29 is 56.1 Å². The van der Waals surface area contributed by atoms with E-state index in [1.165, 1.54) is 19.2 Å². The van der Waals surface area contributed by atoms with Crippen molar-refractivity contribution in [3.05, 3.63) is 35.5 Å². The monoisotopic (exact) mass is 697 g/mol. The summed E-state index contributed by atoms with van der Waals surface area (Å²) in [4.78, 5) is 47.0. The first-order chi connectivity index (χ1) is 22.0. The van der Waals surface area contributed by atoms with Crippen molar-refractivity contribution in [3.8, 4) is 5.75 Å². The topological polar surface area (TPSA) is 261 Å². The van der Waals surface area contributed by atoms with Gasteiger partial charge < -0.3 is 36.2 Å². The number of carboxylic acid groups (broad SMARTS) is 1. The maximum Gasteiger partial charge on any atom is 0.418 e. The van der Waals surface area contributed by atoms with Crippen LogP contribution in [0.5, 0.6) is 5.75 Å². The summed E-state index contributed by atoms with van der Waals surface area (Å²) in [6.07, 6.45) is -0.239. The number of carbonyl (C=O) groups excluding carboxylic acids is 2. The normalized spacial score (nSPS) is 21.8. The number of oxime groups is 1. The number of β-lactam (4-membered cyclic amide) rings is 1. The number of carbonyl (C=O) groups is 3. The molecule has 47 heavy (non-hydrogen) atoms. The lowest BCUT2D eigenvalue weighted by molar-refractivity contribution is -0.776. The van der Waals surface area contributed by atoms with E-state index in [2.05, 4.69) is 25.1 Å². The number of carboxylic acids is 1. The average molecular weight is 698 g/mol. The molecule has 3 aromatic rings. The Bertz CT molecular complexity index is 1840. The molecular formula is C26H33N8O11S2+. The number of aliphatic hydroxyl groups excluding tert-OH is 1. The number of anilines is 1. The number of nitrogens with zero attached hydrogens (tertiary/aromatic N) is 5. The SMILES string of the molecule is Cn1c2ccc(OC[C@H](O/N=C(\C(=O)NC3C(=O)N(OS(=O)(=O)O)C3(C)C)c3csc(N)n3)C(=O)O)cc2c[n+]1C[C@H]1CNC[C@H]1O. The fourth-order valence-electron chi connectivity index (χ4n) is 5.18. The standard InChI is InChI=1S/C26H32N8O11S2/c1-26(2)21(23(37)34(26)45-47(40,41)42)30-22(36)20(16-12-46-25(27)29-16)31-44-19(24(38)39)11-43-15-4-5-17-13(6-15)9-33(32(17)3)10-14-7-28-8-18(14)35/h4-6,9,12,14,18-19,21,28,35H,7-8,10-11H2,1-3H3,(H4-,27,29,30,36,38,39,40,41,42)/p+1/b31-20-/t14-,18-,19+,21?/m1/s1. The fourth-order valence-corrected chi connectivity index (χ4v) is 6.18. The highest BCUT2D eigenvalue weighted by atomic mass is 32.3. The second kappa shape index (κ2) is 13.0. The molecule has 0 spiro atoms. The summed E-state index contributed by atoms with van der Waals surface area (Å²) >= 11 is 0.957. The van der Waals surface area contributed by atoms with Gasteiger partial charge in [0.2, 0.25) is 6.20 Å². The molecule has 2 saturated heterocycles. The van der Waals surface area contributed by atoms with Crippen molar-refractivity contribution in [2.75, 3.05) is 25.4 Å². The van der Waals surface area contributed by atoms with Crippen molar-refractivity contribution in [1.29, 1.82) is 0 Å². The molecule has 2 fully saturated rings. The predicted molar refractivity (Wildman–Crippen MR) is 162 cm³/mol. The summed E-state index contributed by atoms with van der Waals surface area (Å²) in [5, 5.41) is 31.8. The lowest BCUT2D eigenvalue weighted by Crippen LogP contribution is -2.76. The van der Waals surface area contributed by atoms with Crippen LogP contribution in [-0.2, 0) is 47.5 Å². The highest BCUT2D eigenvalue weighted by Crippen LogP contribution is 2.33. The number of aliphatic hydroxyl groups is 1. The molecule has 7 N–H and O–H groups in total. The summed E-state index contributed by atoms with van der Waals surface area (Å²) in [5.74, 6) is -3.09. The first-order valence-corrected chi connectivity index (χ1v) is 16.3. The van der Waals surface area contributed by atoms with Gasteiger partial charge >= 0.3 is 16.4 Å². The van der Waals surface area contributed by atoms with Gasteiger partial charge in [0, 0.05) is 18.5 Å². The first-order valence-electron chi connectivity index (χ1n) is 14.1. The van der Waals surface area contributed by atoms with E-state index in [1.54, 1.807) is 18.2 Å². The van der Waals surface area contributed by atoms with E-state index in [1.807, 2.05) is 22.6 Å². The maximum absolute atomic E-state index is 13.2. The van der Waals surface area contributed by atoms with Gasteiger partial charge in [-0.05, 0) is 32.0 Å². The minimum atomic E-state index is -5.02. The van der Waals surface area contributed by atoms with Crippen molar-refractivity contribution in [2.24, 2.45) is 18.1 Å². The number of nitrogens with two attached hydrogens (primary N) is 1. The zero-order valence-electron chi connectivity index (χ0n) is 25.3. The Morgan fingerprint density at radius 2 is 2.09 bits per heavy atom. The third-order valence-corrected chi connectivity index (χ3v) is 8.81. The van der Waals surface area contributed by atoms with E-state index >= 15 is 0 Å². The number of aliphatic carboxylic acids is 1. The number of ether oxygens (including phenoxy) is 1. The van der Waals surface area contributed by atoms with Crippen LogP contribution in [-0.4, -0.2) is 105 Å². The number of hydrogen-bond donors (Lipinski definition) is 6. The van der Waals surface area contributed by atoms with E-state index in [0.29, 0.717) is 30.4 Å². The Kier molecular flexibility index (Phi) is 9.39. The van der Waals surface area contributed by atoms with Gasteiger partial charge in [-0.15, -0.1) is 20.3 Å². The number of fused-ring (bicyclic) bond motifs is 1. The fraction of sp³-hybridized carbons (Fsp3) is 0.462. The smallest absolute Gasteiger partial charge is 0.418 e. The van der Waals surface area contributed by atoms with Crippen LogP contribution >= 0.6 is 11.3 Å². The number of amides is 2. The summed E-state index contributed by atoms with van der Waals surface area (Å²) in [7, 11) is -3.13. The molecule has 1 unspecified atom stereocenters. The Labute approximate surface area is 271 Å². The average Bonchev–Trinajstić information content (AvgIpc) is 3.69. The Hall–Kier alpha value is -4.41. The second-order valence-electron chi connectivity index (χ2n) is 11.4. The van der Waals surface area contributed by atoms with Crippen LogP contribution in [0.2, 0.25) is 0 Å². The van der Waals surface area contributed by atoms with Gasteiger partial charge in [0.1, 0.15) is 29.6 Å². The van der Waals surface area contributed by atoms with E-state index in [0.717, 1.165) is 22.2 Å². The Morgan fingerprint density at radius 1 is 1.34 bits per heavy atom. The van der Waals surface area contributed by atoms with Crippen LogP contribution in [0, 0.1) is 5.92 Å². The quantitative estimate of drug-likeness (QED) is 0.0378. The predicted octanol–water partition coefficient (Wildman–Crippen LogP) is -1.82. The van der Waals surface area contributed by atoms with Gasteiger partial charge in [0.05, 0.1) is 30.0 Å². The van der Waals surface area contributed by atoms with Crippen molar-refractivity contribution in [1.82, 2.24) is 25.4 Å². The molecule has 0 aliphatic carbocycles. The Balaban J connectivity index is 1.29. The molecule has 0 radical (unpaired) electrons. The van der Waals surface area contributed by atoms with Crippen LogP contribution in [0.25, 0.3) is 10.9 Å². The molecule has 4 heterocycles. The molecule has 254 valence electrons. The maximum atomic E-state index is 13.2. The largest absolute Gasteiger partial charge is 0.489 e. The minimum Gasteiger partial charge on any atom is -0.489 e. The molecule has 5 rings (SSSR count). The molecule has 2 aliphatic heterocycles. The van der Waals surface area contributed by atoms with Gasteiger partial charge in [-0.1, -0.05) is 5.16 Å². The minimum absolute atomic E-state index is 0.0509. The van der Waals surface area contributed by atoms with Crippen LogP contribution in [0.15, 0.2) is 34.9 Å². The van der Waals surface area contributed by atoms with Crippen molar-refractivity contribution in [3.63, 3.8) is 0 Å². The highest BCUT2D eigenvalue weighted by molar-refractivity contribution is 7.80. The molecule has 2 aliphatic rings. The number of thiazole rings is 1. The third-order valence-electron chi connectivity index (χ3n) is 7.80. The van der Waals surface area contributed by atoms with Gasteiger partial charge in [0.15, 0.2) is 17.4 Å². The number of rotatable bonds is 13. The van der Waals surface area contributed by atoms with Crippen LogP contribution in [0.3, 0.4) is 0 Å². The number of nitrogens with one attached hydrogen (secondary N) is 2. The van der Waals surface area contributed by atoms with E-state index in [9.17, 15) is 33.0 Å². The number of β-amino-alcohol motifs (C(OH)–C–C–N with tert-alkyl or cyclic N) is 1. The van der Waals surface area contributed by atoms with Crippen molar-refractivity contribution in [2.45, 2.75) is 44.2 Å². The first kappa shape index (κ1) is 33.9. The summed E-state index contributed by atoms with van der Waals surface area (Å²) in [6, 6.07) is 3.85. The zero-order chi connectivity index (χ0) is 34.3. The molecule has 2 aromatic heterocycles. The van der Waals surface area contributed by atoms with Gasteiger partial charge in [-0.3, -0.25) is 14.1 Å². The zero-order valence-corrected chi connectivity index (χ0v) is 26.9. The lowest BCUT2D eigenvalue weighted by atomic mass is 9.84. The van der Waals surface area contributed by atoms with Gasteiger partial charge in [-0.2, -0.15) is 18.2 Å². The number of aromatic nitrogens is 3. The van der Waals surface area contributed by atoms with Crippen molar-refractivity contribution >= 4 is 61.3 Å². The lowest BCUT2D eigenvalue weighted by Gasteiger charge is -2.50. The molecule has 4 atom stereocenters. The van der Waals surface area contributed by atoms with Crippen LogP contribution in [0.1, 0.15) is 19.5 Å².